The standard InChI is InChI=1S/C11H7FN2O3/c12-7-2-1-3-8(4-7)17-10-5-9(11(15)16)13-6-14-10/h1-6H,(H,15,16). The molecule has 0 aliphatic heterocycles. The summed E-state index contributed by atoms with van der Waals surface area (Å²) >= 11 is 0. The van der Waals surface area contributed by atoms with Crippen LogP contribution in [0.15, 0.2) is 36.7 Å². The number of ether oxygens (including phenoxy) is 1. The zero-order valence-electron chi connectivity index (χ0n) is 8.50. The van der Waals surface area contributed by atoms with Gasteiger partial charge in [-0.25, -0.2) is 19.2 Å². The van der Waals surface area contributed by atoms with E-state index in [1.807, 2.05) is 0 Å². The van der Waals surface area contributed by atoms with Crippen LogP contribution in [0.25, 0.3) is 0 Å². The van der Waals surface area contributed by atoms with E-state index in [4.69, 9.17) is 9.84 Å². The molecule has 5 nitrogen and oxygen atoms in total. The maximum Gasteiger partial charge on any atom is 0.354 e. The molecule has 1 aromatic carbocycles. The van der Waals surface area contributed by atoms with Crippen LogP contribution in [0.1, 0.15) is 10.5 Å². The highest BCUT2D eigenvalue weighted by molar-refractivity contribution is 5.85. The van der Waals surface area contributed by atoms with Crippen molar-refractivity contribution in [1.29, 1.82) is 0 Å². The van der Waals surface area contributed by atoms with E-state index in [1.165, 1.54) is 24.3 Å². The van der Waals surface area contributed by atoms with Gasteiger partial charge < -0.3 is 9.84 Å². The summed E-state index contributed by atoms with van der Waals surface area (Å²) in [5.41, 5.74) is -0.189. The van der Waals surface area contributed by atoms with Gasteiger partial charge in [-0.1, -0.05) is 6.07 Å². The van der Waals surface area contributed by atoms with Crippen LogP contribution in [0.3, 0.4) is 0 Å². The highest BCUT2D eigenvalue weighted by atomic mass is 19.1. The van der Waals surface area contributed by atoms with Crippen LogP contribution in [0.4, 0.5) is 4.39 Å². The third-order valence-corrected chi connectivity index (χ3v) is 1.88. The van der Waals surface area contributed by atoms with Gasteiger partial charge in [-0.05, 0) is 12.1 Å². The Bertz CT molecular complexity index is 560. The maximum atomic E-state index is 12.9. The van der Waals surface area contributed by atoms with Gasteiger partial charge in [0.05, 0.1) is 0 Å². The number of hydrogen-bond acceptors (Lipinski definition) is 4. The number of aromatic carboxylic acids is 1. The van der Waals surface area contributed by atoms with E-state index in [0.29, 0.717) is 0 Å². The maximum absolute atomic E-state index is 12.9. The van der Waals surface area contributed by atoms with Crippen molar-refractivity contribution in [3.8, 4) is 11.6 Å². The summed E-state index contributed by atoms with van der Waals surface area (Å²) in [6.45, 7) is 0. The van der Waals surface area contributed by atoms with Gasteiger partial charge in [-0.15, -0.1) is 0 Å². The van der Waals surface area contributed by atoms with Crippen molar-refractivity contribution < 1.29 is 19.0 Å². The van der Waals surface area contributed by atoms with Gasteiger partial charge in [0, 0.05) is 12.1 Å². The van der Waals surface area contributed by atoms with Gasteiger partial charge >= 0.3 is 5.97 Å². The fourth-order valence-electron chi connectivity index (χ4n) is 1.16. The Morgan fingerprint density at radius 1 is 1.29 bits per heavy atom. The monoisotopic (exact) mass is 234 g/mol. The van der Waals surface area contributed by atoms with E-state index in [9.17, 15) is 9.18 Å². The third-order valence-electron chi connectivity index (χ3n) is 1.88. The van der Waals surface area contributed by atoms with Crippen molar-refractivity contribution >= 4 is 5.97 Å². The molecule has 0 fully saturated rings. The van der Waals surface area contributed by atoms with Crippen molar-refractivity contribution in [3.05, 3.63) is 48.2 Å². The topological polar surface area (TPSA) is 72.3 Å². The Labute approximate surface area is 95.5 Å². The average molecular weight is 234 g/mol. The molecule has 0 saturated carbocycles. The molecule has 0 saturated heterocycles. The molecule has 0 amide bonds. The van der Waals surface area contributed by atoms with Gasteiger partial charge in [-0.2, -0.15) is 0 Å². The van der Waals surface area contributed by atoms with Crippen LogP contribution in [0.5, 0.6) is 11.6 Å². The minimum Gasteiger partial charge on any atom is -0.477 e. The van der Waals surface area contributed by atoms with Crippen molar-refractivity contribution in [3.63, 3.8) is 0 Å². The van der Waals surface area contributed by atoms with Gasteiger partial charge in [0.15, 0.2) is 5.69 Å². The van der Waals surface area contributed by atoms with Gasteiger partial charge in [-0.3, -0.25) is 0 Å². The molecule has 0 bridgehead atoms. The zero-order chi connectivity index (χ0) is 12.3. The number of rotatable bonds is 3. The molecule has 0 aliphatic carbocycles. The summed E-state index contributed by atoms with van der Waals surface area (Å²) in [6.07, 6.45) is 1.07. The van der Waals surface area contributed by atoms with Crippen LogP contribution in [0.2, 0.25) is 0 Å². The summed E-state index contributed by atoms with van der Waals surface area (Å²) in [5, 5.41) is 8.71. The molecule has 0 radical (unpaired) electrons. The second-order valence-corrected chi connectivity index (χ2v) is 3.11. The van der Waals surface area contributed by atoms with Crippen LogP contribution in [-0.2, 0) is 0 Å². The van der Waals surface area contributed by atoms with Crippen LogP contribution in [-0.4, -0.2) is 21.0 Å². The molecule has 86 valence electrons. The van der Waals surface area contributed by atoms with Crippen molar-refractivity contribution in [1.82, 2.24) is 9.97 Å². The number of carbonyl (C=O) groups is 1. The molecule has 1 aromatic heterocycles. The number of nitrogens with zero attached hydrogens (tertiary/aromatic N) is 2. The van der Waals surface area contributed by atoms with Crippen molar-refractivity contribution in [2.45, 2.75) is 0 Å². The Balaban J connectivity index is 2.24. The van der Waals surface area contributed by atoms with Crippen LogP contribution < -0.4 is 4.74 Å². The average Bonchev–Trinajstić information content (AvgIpc) is 2.29. The third kappa shape index (κ3) is 2.75. The molecule has 0 unspecified atom stereocenters. The first kappa shape index (κ1) is 11.0. The van der Waals surface area contributed by atoms with Crippen molar-refractivity contribution in [2.75, 3.05) is 0 Å². The van der Waals surface area contributed by atoms with Gasteiger partial charge in [0.2, 0.25) is 5.88 Å². The Kier molecular flexibility index (Phi) is 2.95. The minimum absolute atomic E-state index is 0.0444. The number of aromatic nitrogens is 2. The lowest BCUT2D eigenvalue weighted by Gasteiger charge is -2.04. The quantitative estimate of drug-likeness (QED) is 0.880. The minimum atomic E-state index is -1.18. The molecule has 2 aromatic rings. The molecule has 1 N–H and O–H groups in total. The molecule has 0 spiro atoms. The zero-order valence-corrected chi connectivity index (χ0v) is 8.50. The van der Waals surface area contributed by atoms with E-state index in [-0.39, 0.29) is 17.3 Å². The SMILES string of the molecule is O=C(O)c1cc(Oc2cccc(F)c2)ncn1. The van der Waals surface area contributed by atoms with Gasteiger partial charge in [0.25, 0.3) is 0 Å². The van der Waals surface area contributed by atoms with Crippen molar-refractivity contribution in [2.24, 2.45) is 0 Å². The normalized spacial score (nSPS) is 9.94. The van der Waals surface area contributed by atoms with Crippen LogP contribution >= 0.6 is 0 Å². The predicted molar refractivity (Wildman–Crippen MR) is 55.5 cm³/mol. The largest absolute Gasteiger partial charge is 0.477 e. The lowest BCUT2D eigenvalue weighted by Crippen LogP contribution is -2.01. The molecule has 1 heterocycles. The number of halogens is 1. The summed E-state index contributed by atoms with van der Waals surface area (Å²) in [6, 6.07) is 6.61. The predicted octanol–water partition coefficient (Wildman–Crippen LogP) is 2.11. The highest BCUT2D eigenvalue weighted by Crippen LogP contribution is 2.19. The van der Waals surface area contributed by atoms with Gasteiger partial charge in [0.1, 0.15) is 17.9 Å². The summed E-state index contributed by atoms with van der Waals surface area (Å²) in [7, 11) is 0. The van der Waals surface area contributed by atoms with E-state index in [0.717, 1.165) is 12.4 Å². The molecular weight excluding hydrogens is 227 g/mol. The smallest absolute Gasteiger partial charge is 0.354 e. The second kappa shape index (κ2) is 4.56. The number of carboxylic acid groups (broad SMARTS) is 1. The lowest BCUT2D eigenvalue weighted by atomic mass is 10.3. The number of carboxylic acids is 1. The van der Waals surface area contributed by atoms with E-state index < -0.39 is 11.8 Å². The first-order chi connectivity index (χ1) is 8.15. The molecule has 6 heteroatoms. The summed E-state index contributed by atoms with van der Waals surface area (Å²) in [5.74, 6) is -1.35. The van der Waals surface area contributed by atoms with E-state index in [2.05, 4.69) is 9.97 Å². The summed E-state index contributed by atoms with van der Waals surface area (Å²) in [4.78, 5) is 17.9. The Hall–Kier alpha value is -2.50. The molecule has 17 heavy (non-hydrogen) atoms. The van der Waals surface area contributed by atoms with E-state index >= 15 is 0 Å². The Morgan fingerprint density at radius 3 is 2.82 bits per heavy atom. The highest BCUT2D eigenvalue weighted by Gasteiger charge is 2.07. The molecular formula is C11H7FN2O3. The first-order valence-corrected chi connectivity index (χ1v) is 4.64. The fourth-order valence-corrected chi connectivity index (χ4v) is 1.16. The first-order valence-electron chi connectivity index (χ1n) is 4.64. The fraction of sp³-hybridized carbons (Fsp3) is 0. The lowest BCUT2D eigenvalue weighted by molar-refractivity contribution is 0.0689. The number of benzene rings is 1. The summed E-state index contributed by atoms with van der Waals surface area (Å²) < 4.78 is 18.1. The second-order valence-electron chi connectivity index (χ2n) is 3.11. The number of hydrogen-bond donors (Lipinski definition) is 1. The molecule has 2 rings (SSSR count). The molecule has 0 atom stereocenters. The van der Waals surface area contributed by atoms with Crippen LogP contribution in [0, 0.1) is 5.82 Å². The van der Waals surface area contributed by atoms with E-state index in [1.54, 1.807) is 0 Å². The molecule has 0 aliphatic rings. The Morgan fingerprint density at radius 2 is 2.12 bits per heavy atom.